The summed E-state index contributed by atoms with van der Waals surface area (Å²) in [5.74, 6) is 2.28. The maximum Gasteiger partial charge on any atom is 0.241 e. The molecule has 1 aromatic carbocycles. The van der Waals surface area contributed by atoms with E-state index in [2.05, 4.69) is 20.4 Å². The predicted octanol–water partition coefficient (Wildman–Crippen LogP) is 3.67. The van der Waals surface area contributed by atoms with Crippen molar-refractivity contribution in [2.24, 2.45) is 5.92 Å². The third kappa shape index (κ3) is 4.63. The maximum absolute atomic E-state index is 12.8. The number of nitrogens with zero attached hydrogens (tertiary/aromatic N) is 3. The van der Waals surface area contributed by atoms with Crippen LogP contribution >= 0.6 is 11.3 Å². The van der Waals surface area contributed by atoms with Gasteiger partial charge >= 0.3 is 0 Å². The first-order chi connectivity index (χ1) is 14.7. The van der Waals surface area contributed by atoms with E-state index in [-0.39, 0.29) is 11.8 Å². The van der Waals surface area contributed by atoms with Gasteiger partial charge in [-0.15, -0.1) is 11.3 Å². The number of hydrogen-bond acceptors (Lipinski definition) is 8. The SMILES string of the molecule is COc1ccc(NC(=O)C2CCCN(Cc3nc(-c4cccs4)no3)C2)cc1OC. The molecule has 9 heteroatoms. The number of carbonyl (C=O) groups is 1. The van der Waals surface area contributed by atoms with Crippen LogP contribution in [0.4, 0.5) is 5.69 Å². The third-order valence-corrected chi connectivity index (χ3v) is 5.96. The highest BCUT2D eigenvalue weighted by Gasteiger charge is 2.27. The van der Waals surface area contributed by atoms with Crippen molar-refractivity contribution < 1.29 is 18.8 Å². The summed E-state index contributed by atoms with van der Waals surface area (Å²) >= 11 is 1.58. The second kappa shape index (κ2) is 9.27. The minimum atomic E-state index is -0.105. The fourth-order valence-corrected chi connectivity index (χ4v) is 4.24. The molecule has 0 spiro atoms. The number of rotatable bonds is 7. The van der Waals surface area contributed by atoms with Crippen LogP contribution in [0.5, 0.6) is 11.5 Å². The van der Waals surface area contributed by atoms with Crippen LogP contribution in [0.3, 0.4) is 0 Å². The molecule has 1 atom stereocenters. The van der Waals surface area contributed by atoms with Crippen molar-refractivity contribution in [1.29, 1.82) is 0 Å². The number of thiophene rings is 1. The molecule has 1 unspecified atom stereocenters. The minimum Gasteiger partial charge on any atom is -0.493 e. The monoisotopic (exact) mass is 428 g/mol. The Bertz CT molecular complexity index is 989. The first-order valence-corrected chi connectivity index (χ1v) is 10.7. The molecule has 1 fully saturated rings. The normalized spacial score (nSPS) is 16.9. The third-order valence-electron chi connectivity index (χ3n) is 5.10. The zero-order valence-electron chi connectivity index (χ0n) is 17.0. The Morgan fingerprint density at radius 3 is 2.93 bits per heavy atom. The van der Waals surface area contributed by atoms with Crippen molar-refractivity contribution in [2.45, 2.75) is 19.4 Å². The van der Waals surface area contributed by atoms with Crippen molar-refractivity contribution in [3.63, 3.8) is 0 Å². The van der Waals surface area contributed by atoms with Crippen molar-refractivity contribution in [3.05, 3.63) is 41.6 Å². The van der Waals surface area contributed by atoms with Crippen molar-refractivity contribution in [1.82, 2.24) is 15.0 Å². The number of ether oxygens (including phenoxy) is 2. The molecule has 3 heterocycles. The second-order valence-electron chi connectivity index (χ2n) is 7.12. The summed E-state index contributed by atoms with van der Waals surface area (Å²) in [7, 11) is 3.16. The lowest BCUT2D eigenvalue weighted by atomic mass is 9.97. The molecule has 0 radical (unpaired) electrons. The number of hydrogen-bond donors (Lipinski definition) is 1. The molecule has 2 aromatic heterocycles. The van der Waals surface area contributed by atoms with E-state index in [1.807, 2.05) is 23.6 Å². The summed E-state index contributed by atoms with van der Waals surface area (Å²) in [5.41, 5.74) is 0.687. The van der Waals surface area contributed by atoms with E-state index in [1.54, 1.807) is 37.7 Å². The lowest BCUT2D eigenvalue weighted by Gasteiger charge is -2.30. The van der Waals surface area contributed by atoms with E-state index in [1.165, 1.54) is 0 Å². The number of benzene rings is 1. The van der Waals surface area contributed by atoms with Gasteiger partial charge in [0.05, 0.1) is 31.6 Å². The lowest BCUT2D eigenvalue weighted by molar-refractivity contribution is -0.121. The molecule has 0 bridgehead atoms. The van der Waals surface area contributed by atoms with Gasteiger partial charge in [0.25, 0.3) is 0 Å². The highest BCUT2D eigenvalue weighted by Crippen LogP contribution is 2.30. The van der Waals surface area contributed by atoms with Crippen LogP contribution in [0.15, 0.2) is 40.2 Å². The zero-order valence-corrected chi connectivity index (χ0v) is 17.8. The molecule has 1 saturated heterocycles. The van der Waals surface area contributed by atoms with E-state index in [4.69, 9.17) is 14.0 Å². The van der Waals surface area contributed by atoms with E-state index in [0.717, 1.165) is 24.3 Å². The van der Waals surface area contributed by atoms with Gasteiger partial charge in [-0.2, -0.15) is 4.98 Å². The van der Waals surface area contributed by atoms with Gasteiger partial charge in [0.15, 0.2) is 11.5 Å². The molecule has 158 valence electrons. The van der Waals surface area contributed by atoms with Crippen LogP contribution in [0.25, 0.3) is 10.7 Å². The van der Waals surface area contributed by atoms with Crippen molar-refractivity contribution >= 4 is 22.9 Å². The topological polar surface area (TPSA) is 89.7 Å². The smallest absolute Gasteiger partial charge is 0.241 e. The number of anilines is 1. The summed E-state index contributed by atoms with van der Waals surface area (Å²) in [4.78, 5) is 20.5. The molecular weight excluding hydrogens is 404 g/mol. The Balaban J connectivity index is 1.36. The Morgan fingerprint density at radius 1 is 1.30 bits per heavy atom. The van der Waals surface area contributed by atoms with Crippen LogP contribution < -0.4 is 14.8 Å². The molecule has 8 nitrogen and oxygen atoms in total. The molecule has 3 aromatic rings. The Labute approximate surface area is 178 Å². The molecule has 1 N–H and O–H groups in total. The summed E-state index contributed by atoms with van der Waals surface area (Å²) < 4.78 is 16.0. The van der Waals surface area contributed by atoms with Gasteiger partial charge in [0.1, 0.15) is 0 Å². The average Bonchev–Trinajstić information content (AvgIpc) is 3.46. The summed E-state index contributed by atoms with van der Waals surface area (Å²) in [6, 6.07) is 9.28. The van der Waals surface area contributed by atoms with Crippen LogP contribution in [0, 0.1) is 5.92 Å². The zero-order chi connectivity index (χ0) is 20.9. The molecule has 4 rings (SSSR count). The highest BCUT2D eigenvalue weighted by atomic mass is 32.1. The number of amides is 1. The van der Waals surface area contributed by atoms with Crippen LogP contribution in [0.1, 0.15) is 18.7 Å². The Morgan fingerprint density at radius 2 is 2.17 bits per heavy atom. The maximum atomic E-state index is 12.8. The minimum absolute atomic E-state index is 0.00303. The number of methoxy groups -OCH3 is 2. The molecular formula is C21H24N4O4S. The number of aromatic nitrogens is 2. The standard InChI is InChI=1S/C21H24N4O4S/c1-27-16-8-7-15(11-17(16)28-2)22-21(26)14-5-3-9-25(12-14)13-19-23-20(24-29-19)18-6-4-10-30-18/h4,6-8,10-11,14H,3,5,9,12-13H2,1-2H3,(H,22,26). The van der Waals surface area contributed by atoms with E-state index < -0.39 is 0 Å². The van der Waals surface area contributed by atoms with Gasteiger partial charge < -0.3 is 19.3 Å². The average molecular weight is 429 g/mol. The van der Waals surface area contributed by atoms with Crippen LogP contribution in [-0.2, 0) is 11.3 Å². The van der Waals surface area contributed by atoms with E-state index >= 15 is 0 Å². The first-order valence-electron chi connectivity index (χ1n) is 9.78. The Hall–Kier alpha value is -2.91. The molecule has 30 heavy (non-hydrogen) atoms. The largest absolute Gasteiger partial charge is 0.493 e. The highest BCUT2D eigenvalue weighted by molar-refractivity contribution is 7.13. The molecule has 1 aliphatic rings. The molecule has 0 aliphatic carbocycles. The van der Waals surface area contributed by atoms with Gasteiger partial charge in [0.2, 0.25) is 17.6 Å². The number of nitrogens with one attached hydrogen (secondary N) is 1. The number of likely N-dealkylation sites (tertiary alicyclic amines) is 1. The van der Waals surface area contributed by atoms with Crippen molar-refractivity contribution in [3.8, 4) is 22.2 Å². The van der Waals surface area contributed by atoms with Gasteiger partial charge in [-0.1, -0.05) is 11.2 Å². The quantitative estimate of drug-likeness (QED) is 0.614. The number of carbonyl (C=O) groups excluding carboxylic acids is 1. The molecule has 0 saturated carbocycles. The summed E-state index contributed by atoms with van der Waals surface area (Å²) in [5, 5.41) is 9.04. The van der Waals surface area contributed by atoms with E-state index in [9.17, 15) is 4.79 Å². The summed E-state index contributed by atoms with van der Waals surface area (Å²) in [6.45, 7) is 2.09. The molecule has 1 aliphatic heterocycles. The fraction of sp³-hybridized carbons (Fsp3) is 0.381. The second-order valence-corrected chi connectivity index (χ2v) is 8.07. The first kappa shape index (κ1) is 20.4. The van der Waals surface area contributed by atoms with E-state index in [0.29, 0.717) is 42.0 Å². The van der Waals surface area contributed by atoms with Crippen LogP contribution in [-0.4, -0.2) is 48.3 Å². The fourth-order valence-electron chi connectivity index (χ4n) is 3.59. The molecule has 1 amide bonds. The van der Waals surface area contributed by atoms with Crippen LogP contribution in [0.2, 0.25) is 0 Å². The van der Waals surface area contributed by atoms with Crippen molar-refractivity contribution in [2.75, 3.05) is 32.6 Å². The van der Waals surface area contributed by atoms with Gasteiger partial charge in [0, 0.05) is 18.3 Å². The van der Waals surface area contributed by atoms with Gasteiger partial charge in [-0.25, -0.2) is 0 Å². The lowest BCUT2D eigenvalue weighted by Crippen LogP contribution is -2.40. The Kier molecular flexibility index (Phi) is 6.29. The number of piperidine rings is 1. The predicted molar refractivity (Wildman–Crippen MR) is 114 cm³/mol. The van der Waals surface area contributed by atoms with Gasteiger partial charge in [-0.05, 0) is 43.0 Å². The van der Waals surface area contributed by atoms with Gasteiger partial charge in [-0.3, -0.25) is 9.69 Å². The summed E-state index contributed by atoms with van der Waals surface area (Å²) in [6.07, 6.45) is 1.79.